The number of aryl methyl sites for hydroxylation is 1. The topological polar surface area (TPSA) is 68.9 Å². The quantitative estimate of drug-likeness (QED) is 0.593. The van der Waals surface area contributed by atoms with Crippen LogP contribution in [-0.4, -0.2) is 52.6 Å². The number of rotatable bonds is 4. The lowest BCUT2D eigenvalue weighted by atomic mass is 10.0. The number of aromatic nitrogens is 3. The van der Waals surface area contributed by atoms with Crippen molar-refractivity contribution in [3.63, 3.8) is 0 Å². The smallest absolute Gasteiger partial charge is 0.147 e. The third-order valence-electron chi connectivity index (χ3n) is 5.16. The Kier molecular flexibility index (Phi) is 5.88. The third kappa shape index (κ3) is 4.11. The van der Waals surface area contributed by atoms with E-state index in [1.54, 1.807) is 30.7 Å². The van der Waals surface area contributed by atoms with E-state index in [-0.39, 0.29) is 5.82 Å². The van der Waals surface area contributed by atoms with Crippen LogP contribution in [0.4, 0.5) is 10.2 Å². The third-order valence-corrected chi connectivity index (χ3v) is 5.46. The van der Waals surface area contributed by atoms with Gasteiger partial charge in [-0.05, 0) is 30.7 Å². The number of hydrogen-bond acceptors (Lipinski definition) is 6. The van der Waals surface area contributed by atoms with Crippen LogP contribution in [0.2, 0.25) is 5.02 Å². The van der Waals surface area contributed by atoms with Gasteiger partial charge in [0, 0.05) is 49.7 Å². The summed E-state index contributed by atoms with van der Waals surface area (Å²) >= 11 is 6.40. The lowest BCUT2D eigenvalue weighted by Gasteiger charge is -2.34. The van der Waals surface area contributed by atoms with Crippen LogP contribution in [0.3, 0.4) is 0 Å². The minimum absolute atomic E-state index is 0.353. The predicted octanol–water partition coefficient (Wildman–Crippen LogP) is 3.95. The van der Waals surface area contributed by atoms with Crippen LogP contribution in [0, 0.1) is 24.1 Å². The van der Waals surface area contributed by atoms with Crippen LogP contribution in [0.25, 0.3) is 22.5 Å². The molecule has 0 aliphatic carbocycles. The highest BCUT2D eigenvalue weighted by molar-refractivity contribution is 6.33. The first-order chi connectivity index (χ1) is 14.6. The molecule has 3 heterocycles. The van der Waals surface area contributed by atoms with Crippen molar-refractivity contribution in [3.8, 4) is 28.6 Å². The first-order valence-corrected chi connectivity index (χ1v) is 10.0. The van der Waals surface area contributed by atoms with Gasteiger partial charge in [-0.25, -0.2) is 14.4 Å². The number of piperazine rings is 1. The van der Waals surface area contributed by atoms with Gasteiger partial charge < -0.3 is 4.90 Å². The summed E-state index contributed by atoms with van der Waals surface area (Å²) in [4.78, 5) is 17.7. The van der Waals surface area contributed by atoms with Gasteiger partial charge in [-0.15, -0.1) is 0 Å². The van der Waals surface area contributed by atoms with Gasteiger partial charge in [-0.1, -0.05) is 17.7 Å². The van der Waals surface area contributed by atoms with Gasteiger partial charge in [0.05, 0.1) is 29.5 Å². The van der Waals surface area contributed by atoms with Gasteiger partial charge in [0.25, 0.3) is 0 Å². The molecule has 2 aromatic heterocycles. The molecule has 0 unspecified atom stereocenters. The summed E-state index contributed by atoms with van der Waals surface area (Å²) in [5.41, 5.74) is 2.81. The number of nitrogens with zero attached hydrogens (tertiary/aromatic N) is 6. The Labute approximate surface area is 179 Å². The van der Waals surface area contributed by atoms with Crippen molar-refractivity contribution in [2.75, 3.05) is 37.6 Å². The molecule has 8 heteroatoms. The predicted molar refractivity (Wildman–Crippen MR) is 115 cm³/mol. The van der Waals surface area contributed by atoms with Crippen molar-refractivity contribution in [2.45, 2.75) is 6.92 Å². The Morgan fingerprint density at radius 3 is 2.60 bits per heavy atom. The lowest BCUT2D eigenvalue weighted by Crippen LogP contribution is -2.46. The van der Waals surface area contributed by atoms with Crippen LogP contribution in [0.1, 0.15) is 5.56 Å². The zero-order valence-electron chi connectivity index (χ0n) is 16.5. The molecule has 0 amide bonds. The Morgan fingerprint density at radius 1 is 1.10 bits per heavy atom. The summed E-state index contributed by atoms with van der Waals surface area (Å²) < 4.78 is 14.7. The van der Waals surface area contributed by atoms with E-state index >= 15 is 0 Å². The highest BCUT2D eigenvalue weighted by Gasteiger charge is 2.22. The van der Waals surface area contributed by atoms with Crippen molar-refractivity contribution in [3.05, 3.63) is 59.3 Å². The van der Waals surface area contributed by atoms with Crippen LogP contribution in [0.15, 0.2) is 42.9 Å². The minimum Gasteiger partial charge on any atom is -0.353 e. The monoisotopic (exact) mass is 422 g/mol. The SMILES string of the molecule is Cc1ccc(-c2ncc(N3CCN(CC#N)CC3)nc2-c2ccncc2Cl)c(F)c1. The maximum Gasteiger partial charge on any atom is 0.147 e. The van der Waals surface area contributed by atoms with Crippen molar-refractivity contribution in [1.29, 1.82) is 5.26 Å². The standard InChI is InChI=1S/C22H20ClFN6/c1-15-2-3-17(19(24)12-15)21-22(16-4-6-26-13-18(16)23)28-20(14-27-21)30-10-8-29(7-5-25)9-11-30/h2-4,6,12-14H,7-11H2,1H3. The molecule has 1 aromatic carbocycles. The largest absolute Gasteiger partial charge is 0.353 e. The highest BCUT2D eigenvalue weighted by atomic mass is 35.5. The molecule has 0 N–H and O–H groups in total. The van der Waals surface area contributed by atoms with Gasteiger partial charge in [-0.3, -0.25) is 9.88 Å². The lowest BCUT2D eigenvalue weighted by molar-refractivity contribution is 0.286. The maximum absolute atomic E-state index is 14.7. The molecule has 1 fully saturated rings. The Bertz CT molecular complexity index is 1110. The zero-order chi connectivity index (χ0) is 21.1. The summed E-state index contributed by atoms with van der Waals surface area (Å²) in [5, 5.41) is 9.32. The average Bonchev–Trinajstić information content (AvgIpc) is 2.75. The first kappa shape index (κ1) is 20.2. The summed E-state index contributed by atoms with van der Waals surface area (Å²) in [6.45, 7) is 5.28. The normalized spacial score (nSPS) is 14.5. The van der Waals surface area contributed by atoms with Crippen LogP contribution in [0.5, 0.6) is 0 Å². The van der Waals surface area contributed by atoms with E-state index in [9.17, 15) is 4.39 Å². The molecule has 152 valence electrons. The highest BCUT2D eigenvalue weighted by Crippen LogP contribution is 2.35. The van der Waals surface area contributed by atoms with E-state index in [2.05, 4.69) is 25.8 Å². The van der Waals surface area contributed by atoms with E-state index in [0.717, 1.165) is 31.7 Å². The number of halogens is 2. The molecule has 3 aromatic rings. The average molecular weight is 423 g/mol. The van der Waals surface area contributed by atoms with Gasteiger partial charge in [-0.2, -0.15) is 5.26 Å². The molecule has 1 saturated heterocycles. The molecule has 6 nitrogen and oxygen atoms in total. The van der Waals surface area contributed by atoms with E-state index in [0.29, 0.717) is 39.9 Å². The second kappa shape index (κ2) is 8.74. The molecular formula is C22H20ClFN6. The molecule has 0 bridgehead atoms. The second-order valence-electron chi connectivity index (χ2n) is 7.19. The van der Waals surface area contributed by atoms with Crippen molar-refractivity contribution >= 4 is 17.4 Å². The van der Waals surface area contributed by atoms with E-state index in [1.807, 2.05) is 13.0 Å². The molecule has 0 atom stereocenters. The Balaban J connectivity index is 1.77. The van der Waals surface area contributed by atoms with Crippen molar-refractivity contribution in [1.82, 2.24) is 19.9 Å². The molecule has 30 heavy (non-hydrogen) atoms. The van der Waals surface area contributed by atoms with E-state index in [4.69, 9.17) is 21.8 Å². The number of anilines is 1. The summed E-state index contributed by atoms with van der Waals surface area (Å²) in [6.07, 6.45) is 4.85. The maximum atomic E-state index is 14.7. The fraction of sp³-hybridized carbons (Fsp3) is 0.273. The molecule has 4 rings (SSSR count). The number of nitriles is 1. The van der Waals surface area contributed by atoms with Crippen molar-refractivity contribution in [2.24, 2.45) is 0 Å². The number of pyridine rings is 1. The van der Waals surface area contributed by atoms with Gasteiger partial charge in [0.1, 0.15) is 17.3 Å². The zero-order valence-corrected chi connectivity index (χ0v) is 17.3. The first-order valence-electron chi connectivity index (χ1n) is 9.64. The van der Waals surface area contributed by atoms with E-state index < -0.39 is 0 Å². The van der Waals surface area contributed by atoms with E-state index in [1.165, 1.54) is 6.07 Å². The number of benzene rings is 1. The molecule has 1 aliphatic rings. The summed E-state index contributed by atoms with van der Waals surface area (Å²) in [5.74, 6) is 0.347. The summed E-state index contributed by atoms with van der Waals surface area (Å²) in [7, 11) is 0. The minimum atomic E-state index is -0.353. The van der Waals surface area contributed by atoms with Gasteiger partial charge in [0.2, 0.25) is 0 Å². The van der Waals surface area contributed by atoms with Crippen molar-refractivity contribution < 1.29 is 4.39 Å². The molecule has 1 aliphatic heterocycles. The molecular weight excluding hydrogens is 403 g/mol. The second-order valence-corrected chi connectivity index (χ2v) is 7.59. The molecule has 0 saturated carbocycles. The Morgan fingerprint density at radius 2 is 1.90 bits per heavy atom. The van der Waals surface area contributed by atoms with Gasteiger partial charge >= 0.3 is 0 Å². The Hall–Kier alpha value is -3.08. The van der Waals surface area contributed by atoms with Crippen LogP contribution >= 0.6 is 11.6 Å². The fourth-order valence-electron chi connectivity index (χ4n) is 3.53. The summed E-state index contributed by atoms with van der Waals surface area (Å²) in [6, 6.07) is 8.99. The molecule has 0 spiro atoms. The fourth-order valence-corrected chi connectivity index (χ4v) is 3.74. The number of hydrogen-bond donors (Lipinski definition) is 0. The van der Waals surface area contributed by atoms with Crippen LogP contribution in [-0.2, 0) is 0 Å². The van der Waals surface area contributed by atoms with Crippen LogP contribution < -0.4 is 4.90 Å². The van der Waals surface area contributed by atoms with Gasteiger partial charge in [0.15, 0.2) is 0 Å². The molecule has 0 radical (unpaired) electrons.